The van der Waals surface area contributed by atoms with E-state index in [0.29, 0.717) is 19.4 Å². The Morgan fingerprint density at radius 2 is 2.05 bits per heavy atom. The molecule has 22 heavy (non-hydrogen) atoms. The first-order chi connectivity index (χ1) is 10.1. The first-order valence-corrected chi connectivity index (χ1v) is 8.71. The van der Waals surface area contributed by atoms with Crippen molar-refractivity contribution in [2.75, 3.05) is 5.75 Å². The van der Waals surface area contributed by atoms with Gasteiger partial charge in [-0.2, -0.15) is 13.2 Å². The van der Waals surface area contributed by atoms with E-state index in [2.05, 4.69) is 14.9 Å². The Labute approximate surface area is 127 Å². The third-order valence-corrected chi connectivity index (χ3v) is 4.93. The van der Waals surface area contributed by atoms with Gasteiger partial charge in [0.05, 0.1) is 12.2 Å². The zero-order chi connectivity index (χ0) is 16.5. The molecule has 10 heteroatoms. The molecule has 0 aromatic carbocycles. The molecular weight excluding hydrogens is 321 g/mol. The van der Waals surface area contributed by atoms with Crippen LogP contribution in [0.25, 0.3) is 0 Å². The molecule has 1 atom stereocenters. The van der Waals surface area contributed by atoms with E-state index in [4.69, 9.17) is 0 Å². The first-order valence-electron chi connectivity index (χ1n) is 7.06. The molecule has 0 saturated heterocycles. The molecule has 1 aromatic heterocycles. The van der Waals surface area contributed by atoms with E-state index in [1.54, 1.807) is 0 Å². The molecule has 126 valence electrons. The maximum absolute atomic E-state index is 12.1. The molecule has 2 rings (SSSR count). The predicted molar refractivity (Wildman–Crippen MR) is 73.8 cm³/mol. The van der Waals surface area contributed by atoms with E-state index in [1.807, 2.05) is 18.4 Å². The van der Waals surface area contributed by atoms with Gasteiger partial charge in [0.15, 0.2) is 0 Å². The van der Waals surface area contributed by atoms with Crippen LogP contribution in [-0.2, 0) is 23.0 Å². The number of rotatable bonds is 5. The van der Waals surface area contributed by atoms with Gasteiger partial charge in [0.1, 0.15) is 11.6 Å². The summed E-state index contributed by atoms with van der Waals surface area (Å²) in [6, 6.07) is -0.431. The number of halogens is 3. The van der Waals surface area contributed by atoms with Gasteiger partial charge in [-0.15, -0.1) is 10.2 Å². The Bertz CT molecular complexity index is 625. The standard InChI is InChI=1S/C12H19F3N4O2S/c1-8(2)11-17-16-10-4-3-9(7-19(10)11)18-22(20,21)6-5-12(13,14)15/h8-9,18H,3-7H2,1-2H3. The number of aromatic nitrogens is 3. The summed E-state index contributed by atoms with van der Waals surface area (Å²) in [7, 11) is -3.96. The van der Waals surface area contributed by atoms with Crippen molar-refractivity contribution in [3.05, 3.63) is 11.6 Å². The van der Waals surface area contributed by atoms with Gasteiger partial charge in [-0.05, 0) is 6.42 Å². The molecule has 0 saturated carbocycles. The maximum atomic E-state index is 12.1. The quantitative estimate of drug-likeness (QED) is 0.883. The van der Waals surface area contributed by atoms with Crippen molar-refractivity contribution < 1.29 is 21.6 Å². The summed E-state index contributed by atoms with van der Waals surface area (Å²) in [6.45, 7) is 4.25. The lowest BCUT2D eigenvalue weighted by Crippen LogP contribution is -2.42. The molecule has 1 aliphatic heterocycles. The number of nitrogens with one attached hydrogen (secondary N) is 1. The second kappa shape index (κ2) is 6.15. The fourth-order valence-electron chi connectivity index (χ4n) is 2.43. The van der Waals surface area contributed by atoms with Gasteiger partial charge in [-0.1, -0.05) is 13.8 Å². The van der Waals surface area contributed by atoms with Crippen LogP contribution in [0, 0.1) is 0 Å². The van der Waals surface area contributed by atoms with Gasteiger partial charge in [0, 0.05) is 24.9 Å². The normalized spacial score (nSPS) is 19.5. The van der Waals surface area contributed by atoms with Gasteiger partial charge in [-0.25, -0.2) is 13.1 Å². The highest BCUT2D eigenvalue weighted by Gasteiger charge is 2.32. The van der Waals surface area contributed by atoms with Crippen LogP contribution in [0.5, 0.6) is 0 Å². The summed E-state index contributed by atoms with van der Waals surface area (Å²) in [5.74, 6) is 0.740. The van der Waals surface area contributed by atoms with Crippen molar-refractivity contribution >= 4 is 10.0 Å². The van der Waals surface area contributed by atoms with Crippen molar-refractivity contribution in [1.29, 1.82) is 0 Å². The Balaban J connectivity index is 2.02. The molecule has 1 aromatic rings. The zero-order valence-electron chi connectivity index (χ0n) is 12.4. The summed E-state index contributed by atoms with van der Waals surface area (Å²) in [5.41, 5.74) is 0. The highest BCUT2D eigenvalue weighted by molar-refractivity contribution is 7.89. The topological polar surface area (TPSA) is 76.9 Å². The minimum absolute atomic E-state index is 0.141. The van der Waals surface area contributed by atoms with Crippen LogP contribution in [0.3, 0.4) is 0 Å². The van der Waals surface area contributed by atoms with E-state index in [1.165, 1.54) is 0 Å². The highest BCUT2D eigenvalue weighted by atomic mass is 32.2. The van der Waals surface area contributed by atoms with Crippen LogP contribution in [0.15, 0.2) is 0 Å². The molecule has 0 fully saturated rings. The Hall–Kier alpha value is -1.16. The van der Waals surface area contributed by atoms with E-state index in [-0.39, 0.29) is 5.92 Å². The Morgan fingerprint density at radius 1 is 1.36 bits per heavy atom. The lowest BCUT2D eigenvalue weighted by atomic mass is 10.1. The first kappa shape index (κ1) is 17.2. The maximum Gasteiger partial charge on any atom is 0.390 e. The van der Waals surface area contributed by atoms with Crippen molar-refractivity contribution in [2.24, 2.45) is 0 Å². The van der Waals surface area contributed by atoms with Crippen LogP contribution in [0.4, 0.5) is 13.2 Å². The SMILES string of the molecule is CC(C)c1nnc2n1CC(NS(=O)(=O)CCC(F)(F)F)CC2. The van der Waals surface area contributed by atoms with Crippen LogP contribution in [0.2, 0.25) is 0 Å². The summed E-state index contributed by atoms with van der Waals surface area (Å²) < 4.78 is 64.2. The molecule has 1 unspecified atom stereocenters. The van der Waals surface area contributed by atoms with Crippen LogP contribution < -0.4 is 4.72 Å². The number of hydrogen-bond donors (Lipinski definition) is 1. The molecule has 0 bridgehead atoms. The van der Waals surface area contributed by atoms with Crippen molar-refractivity contribution in [3.63, 3.8) is 0 Å². The van der Waals surface area contributed by atoms with E-state index in [9.17, 15) is 21.6 Å². The number of fused-ring (bicyclic) bond motifs is 1. The largest absolute Gasteiger partial charge is 0.390 e. The number of aryl methyl sites for hydroxylation is 1. The molecule has 1 aliphatic rings. The highest BCUT2D eigenvalue weighted by Crippen LogP contribution is 2.22. The van der Waals surface area contributed by atoms with Crippen molar-refractivity contribution in [2.45, 2.75) is 57.8 Å². The third kappa shape index (κ3) is 4.42. The van der Waals surface area contributed by atoms with Gasteiger partial charge in [0.25, 0.3) is 0 Å². The van der Waals surface area contributed by atoms with Gasteiger partial charge >= 0.3 is 6.18 Å². The summed E-state index contributed by atoms with van der Waals surface area (Å²) in [4.78, 5) is 0. The number of nitrogens with zero attached hydrogens (tertiary/aromatic N) is 3. The van der Waals surface area contributed by atoms with E-state index >= 15 is 0 Å². The van der Waals surface area contributed by atoms with Crippen molar-refractivity contribution in [1.82, 2.24) is 19.5 Å². The van der Waals surface area contributed by atoms with Crippen LogP contribution >= 0.6 is 0 Å². The predicted octanol–water partition coefficient (Wildman–Crippen LogP) is 1.59. The molecule has 2 heterocycles. The lowest BCUT2D eigenvalue weighted by Gasteiger charge is -2.25. The van der Waals surface area contributed by atoms with Gasteiger partial charge < -0.3 is 4.57 Å². The Morgan fingerprint density at radius 3 is 2.64 bits per heavy atom. The third-order valence-electron chi connectivity index (χ3n) is 3.49. The number of sulfonamides is 1. The molecular formula is C12H19F3N4O2S. The minimum atomic E-state index is -4.48. The molecule has 0 aliphatic carbocycles. The molecule has 6 nitrogen and oxygen atoms in total. The van der Waals surface area contributed by atoms with Crippen molar-refractivity contribution in [3.8, 4) is 0 Å². The second-order valence-corrected chi connectivity index (χ2v) is 7.65. The van der Waals surface area contributed by atoms with Crippen LogP contribution in [0.1, 0.15) is 44.3 Å². The van der Waals surface area contributed by atoms with E-state index < -0.39 is 34.4 Å². The monoisotopic (exact) mass is 340 g/mol. The fourth-order valence-corrected chi connectivity index (χ4v) is 3.75. The summed E-state index contributed by atoms with van der Waals surface area (Å²) in [5, 5.41) is 8.15. The summed E-state index contributed by atoms with van der Waals surface area (Å²) in [6.07, 6.45) is -4.77. The zero-order valence-corrected chi connectivity index (χ0v) is 13.2. The number of hydrogen-bond acceptors (Lipinski definition) is 4. The average molecular weight is 340 g/mol. The molecule has 1 N–H and O–H groups in total. The second-order valence-electron chi connectivity index (χ2n) is 5.78. The Kier molecular flexibility index (Phi) is 4.81. The van der Waals surface area contributed by atoms with Crippen LogP contribution in [-0.4, -0.2) is 41.2 Å². The smallest absolute Gasteiger partial charge is 0.313 e. The van der Waals surface area contributed by atoms with Gasteiger partial charge in [0.2, 0.25) is 10.0 Å². The van der Waals surface area contributed by atoms with Gasteiger partial charge in [-0.3, -0.25) is 0 Å². The average Bonchev–Trinajstić information content (AvgIpc) is 2.78. The molecule has 0 amide bonds. The molecule has 0 radical (unpaired) electrons. The minimum Gasteiger partial charge on any atom is -0.313 e. The van der Waals surface area contributed by atoms with E-state index in [0.717, 1.165) is 11.6 Å². The number of alkyl halides is 3. The molecule has 0 spiro atoms. The summed E-state index contributed by atoms with van der Waals surface area (Å²) >= 11 is 0. The fraction of sp³-hybridized carbons (Fsp3) is 0.833. The lowest BCUT2D eigenvalue weighted by molar-refractivity contribution is -0.130.